The predicted octanol–water partition coefficient (Wildman–Crippen LogP) is 1.95. The number of aromatic nitrogens is 2. The third-order valence-corrected chi connectivity index (χ3v) is 4.20. The molecule has 3 rings (SSSR count). The van der Waals surface area contributed by atoms with Crippen LogP contribution in [0, 0.1) is 0 Å². The Morgan fingerprint density at radius 2 is 2.27 bits per heavy atom. The van der Waals surface area contributed by atoms with Crippen LogP contribution >= 0.6 is 24.0 Å². The molecule has 0 aromatic carbocycles. The van der Waals surface area contributed by atoms with Gasteiger partial charge in [-0.2, -0.15) is 0 Å². The Bertz CT molecular complexity index is 703. The fourth-order valence-electron chi connectivity index (χ4n) is 2.99. The maximum Gasteiger partial charge on any atom is 0.258 e. The molecule has 0 amide bonds. The lowest BCUT2D eigenvalue weighted by molar-refractivity contribution is 0.239. The van der Waals surface area contributed by atoms with E-state index in [1.807, 2.05) is 7.05 Å². The molecule has 0 spiro atoms. The number of fused-ring (bicyclic) bond motifs is 1. The maximum absolute atomic E-state index is 12.2. The standard InChI is InChI=1S/C15H19ClN4O.ClH/c1-17-8-13-3-2-6-19(13)10-12-7-15(21)20-9-11(16)4-5-14(20)18-12;/h4-5,7,9,13,17H,2-3,6,8,10H2,1H3;1H. The Hall–Kier alpha value is -1.14. The highest BCUT2D eigenvalue weighted by atomic mass is 35.5. The molecule has 1 aliphatic heterocycles. The zero-order valence-corrected chi connectivity index (χ0v) is 14.0. The molecule has 0 saturated carbocycles. The number of nitrogens with one attached hydrogen (secondary N) is 1. The topological polar surface area (TPSA) is 49.6 Å². The minimum atomic E-state index is -0.0816. The van der Waals surface area contributed by atoms with Gasteiger partial charge in [0.2, 0.25) is 0 Å². The van der Waals surface area contributed by atoms with Gasteiger partial charge < -0.3 is 5.32 Å². The minimum Gasteiger partial charge on any atom is -0.318 e. The SMILES string of the molecule is CNCC1CCCN1Cc1cc(=O)n2cc(Cl)ccc2n1.Cl. The molecule has 1 atom stereocenters. The molecule has 1 unspecified atom stereocenters. The lowest BCUT2D eigenvalue weighted by atomic mass is 10.2. The molecule has 0 radical (unpaired) electrons. The summed E-state index contributed by atoms with van der Waals surface area (Å²) in [6, 6.07) is 5.67. The lowest BCUT2D eigenvalue weighted by Gasteiger charge is -2.23. The summed E-state index contributed by atoms with van der Waals surface area (Å²) < 4.78 is 1.49. The van der Waals surface area contributed by atoms with Gasteiger partial charge in [0, 0.05) is 31.4 Å². The Morgan fingerprint density at radius 3 is 3.05 bits per heavy atom. The van der Waals surface area contributed by atoms with Crippen LogP contribution in [0.3, 0.4) is 0 Å². The zero-order valence-electron chi connectivity index (χ0n) is 12.5. The van der Waals surface area contributed by atoms with Gasteiger partial charge in [-0.05, 0) is 38.6 Å². The van der Waals surface area contributed by atoms with Crippen LogP contribution in [-0.4, -0.2) is 40.5 Å². The number of pyridine rings is 1. The number of halogens is 2. The molecule has 3 heterocycles. The number of likely N-dealkylation sites (N-methyl/N-ethyl adjacent to an activating group) is 1. The number of hydrogen-bond acceptors (Lipinski definition) is 4. The largest absolute Gasteiger partial charge is 0.318 e. The first-order chi connectivity index (χ1) is 10.2. The number of nitrogens with zero attached hydrogens (tertiary/aromatic N) is 3. The van der Waals surface area contributed by atoms with Crippen LogP contribution in [0.25, 0.3) is 5.65 Å². The van der Waals surface area contributed by atoms with Gasteiger partial charge in [-0.15, -0.1) is 12.4 Å². The molecule has 2 aromatic heterocycles. The van der Waals surface area contributed by atoms with Gasteiger partial charge in [0.05, 0.1) is 10.7 Å². The predicted molar refractivity (Wildman–Crippen MR) is 91.1 cm³/mol. The molecule has 1 fully saturated rings. The van der Waals surface area contributed by atoms with Crippen LogP contribution in [0.15, 0.2) is 29.2 Å². The second kappa shape index (κ2) is 7.42. The third-order valence-electron chi connectivity index (χ3n) is 3.98. The van der Waals surface area contributed by atoms with Gasteiger partial charge in [0.15, 0.2) is 0 Å². The quantitative estimate of drug-likeness (QED) is 0.922. The van der Waals surface area contributed by atoms with Crippen molar-refractivity contribution in [2.24, 2.45) is 0 Å². The molecule has 2 aromatic rings. The molecule has 1 aliphatic rings. The van der Waals surface area contributed by atoms with E-state index in [1.54, 1.807) is 24.4 Å². The molecule has 22 heavy (non-hydrogen) atoms. The van der Waals surface area contributed by atoms with Crippen LogP contribution in [0.1, 0.15) is 18.5 Å². The Balaban J connectivity index is 0.00000176. The van der Waals surface area contributed by atoms with E-state index in [4.69, 9.17) is 11.6 Å². The van der Waals surface area contributed by atoms with E-state index >= 15 is 0 Å². The molecule has 7 heteroatoms. The van der Waals surface area contributed by atoms with Crippen molar-refractivity contribution in [2.75, 3.05) is 20.1 Å². The van der Waals surface area contributed by atoms with Crippen molar-refractivity contribution in [1.82, 2.24) is 19.6 Å². The minimum absolute atomic E-state index is 0. The van der Waals surface area contributed by atoms with E-state index in [-0.39, 0.29) is 18.0 Å². The lowest BCUT2D eigenvalue weighted by Crippen LogP contribution is -2.36. The van der Waals surface area contributed by atoms with E-state index in [1.165, 1.54) is 17.2 Å². The van der Waals surface area contributed by atoms with Crippen molar-refractivity contribution >= 4 is 29.7 Å². The summed E-state index contributed by atoms with van der Waals surface area (Å²) in [6.07, 6.45) is 4.01. The normalized spacial score (nSPS) is 18.5. The van der Waals surface area contributed by atoms with E-state index in [0.717, 1.165) is 25.3 Å². The van der Waals surface area contributed by atoms with Crippen LogP contribution in [-0.2, 0) is 6.54 Å². The molecule has 1 N–H and O–H groups in total. The van der Waals surface area contributed by atoms with Gasteiger partial charge in [-0.1, -0.05) is 11.6 Å². The number of rotatable bonds is 4. The van der Waals surface area contributed by atoms with Crippen molar-refractivity contribution < 1.29 is 0 Å². The molecule has 120 valence electrons. The fourth-order valence-corrected chi connectivity index (χ4v) is 3.15. The molecular weight excluding hydrogens is 323 g/mol. The van der Waals surface area contributed by atoms with Crippen molar-refractivity contribution in [3.63, 3.8) is 0 Å². The van der Waals surface area contributed by atoms with Gasteiger partial charge in [0.25, 0.3) is 5.56 Å². The molecular formula is C15H20Cl2N4O. The second-order valence-corrected chi connectivity index (χ2v) is 5.92. The summed E-state index contributed by atoms with van der Waals surface area (Å²) in [7, 11) is 1.97. The smallest absolute Gasteiger partial charge is 0.258 e. The average Bonchev–Trinajstić information content (AvgIpc) is 2.88. The highest BCUT2D eigenvalue weighted by Crippen LogP contribution is 2.19. The molecule has 0 aliphatic carbocycles. The van der Waals surface area contributed by atoms with Crippen molar-refractivity contribution in [2.45, 2.75) is 25.4 Å². The Labute approximate surface area is 140 Å². The second-order valence-electron chi connectivity index (χ2n) is 5.49. The summed E-state index contributed by atoms with van der Waals surface area (Å²) in [5.41, 5.74) is 1.39. The van der Waals surface area contributed by atoms with E-state index in [9.17, 15) is 4.79 Å². The van der Waals surface area contributed by atoms with Crippen LogP contribution < -0.4 is 10.9 Å². The first kappa shape index (κ1) is 17.2. The number of likely N-dealkylation sites (tertiary alicyclic amines) is 1. The third kappa shape index (κ3) is 3.60. The summed E-state index contributed by atoms with van der Waals surface area (Å²) in [5.74, 6) is 0. The van der Waals surface area contributed by atoms with Gasteiger partial charge >= 0.3 is 0 Å². The first-order valence-corrected chi connectivity index (χ1v) is 7.61. The summed E-state index contributed by atoms with van der Waals surface area (Å²) >= 11 is 5.92. The van der Waals surface area contributed by atoms with E-state index in [0.29, 0.717) is 16.7 Å². The highest BCUT2D eigenvalue weighted by Gasteiger charge is 2.24. The van der Waals surface area contributed by atoms with Crippen molar-refractivity contribution in [1.29, 1.82) is 0 Å². The maximum atomic E-state index is 12.2. The first-order valence-electron chi connectivity index (χ1n) is 7.24. The summed E-state index contributed by atoms with van der Waals surface area (Å²) in [6.45, 7) is 2.76. The van der Waals surface area contributed by atoms with Gasteiger partial charge in [-0.25, -0.2) is 4.98 Å². The Morgan fingerprint density at radius 1 is 1.45 bits per heavy atom. The average molecular weight is 343 g/mol. The van der Waals surface area contributed by atoms with Crippen LogP contribution in [0.5, 0.6) is 0 Å². The fraction of sp³-hybridized carbons (Fsp3) is 0.467. The van der Waals surface area contributed by atoms with Crippen molar-refractivity contribution in [3.8, 4) is 0 Å². The zero-order chi connectivity index (χ0) is 14.8. The summed E-state index contributed by atoms with van der Waals surface area (Å²) in [4.78, 5) is 19.1. The van der Waals surface area contributed by atoms with Crippen LogP contribution in [0.4, 0.5) is 0 Å². The van der Waals surface area contributed by atoms with Crippen LogP contribution in [0.2, 0.25) is 5.02 Å². The van der Waals surface area contributed by atoms with E-state index in [2.05, 4.69) is 15.2 Å². The molecule has 5 nitrogen and oxygen atoms in total. The Kier molecular flexibility index (Phi) is 5.81. The van der Waals surface area contributed by atoms with Gasteiger partial charge in [0.1, 0.15) is 5.65 Å². The highest BCUT2D eigenvalue weighted by molar-refractivity contribution is 6.30. The molecule has 1 saturated heterocycles. The number of hydrogen-bond donors (Lipinski definition) is 1. The van der Waals surface area contributed by atoms with Crippen molar-refractivity contribution in [3.05, 3.63) is 45.5 Å². The monoisotopic (exact) mass is 342 g/mol. The van der Waals surface area contributed by atoms with E-state index < -0.39 is 0 Å². The molecule has 0 bridgehead atoms. The summed E-state index contributed by atoms with van der Waals surface area (Å²) in [5, 5.41) is 3.77. The van der Waals surface area contributed by atoms with Gasteiger partial charge in [-0.3, -0.25) is 14.1 Å².